The third-order valence-electron chi connectivity index (χ3n) is 3.86. The molecule has 21 heavy (non-hydrogen) atoms. The van der Waals surface area contributed by atoms with Gasteiger partial charge in [0.1, 0.15) is 12.2 Å². The summed E-state index contributed by atoms with van der Waals surface area (Å²) in [5, 5.41) is 8.57. The van der Waals surface area contributed by atoms with Gasteiger partial charge in [0.25, 0.3) is 0 Å². The maximum atomic E-state index is 12.1. The first-order chi connectivity index (χ1) is 10.1. The molecule has 1 saturated heterocycles. The monoisotopic (exact) mass is 307 g/mol. The Hall–Kier alpha value is -1.65. The van der Waals surface area contributed by atoms with Gasteiger partial charge in [0, 0.05) is 25.4 Å². The normalized spacial score (nSPS) is 20.9. The lowest BCUT2D eigenvalue weighted by atomic mass is 10.1. The van der Waals surface area contributed by atoms with E-state index < -0.39 is 10.0 Å². The molecule has 1 saturated carbocycles. The van der Waals surface area contributed by atoms with Crippen molar-refractivity contribution in [2.45, 2.75) is 37.0 Å². The number of ether oxygens (including phenoxy) is 1. The van der Waals surface area contributed by atoms with Crippen molar-refractivity contribution < 1.29 is 13.2 Å². The summed E-state index contributed by atoms with van der Waals surface area (Å²) in [4.78, 5) is 4.07. The SMILES string of the molecule is N#Cc1ccc(OC2CCN(S(=O)(=O)C3CC3)CC2)nc1. The van der Waals surface area contributed by atoms with Gasteiger partial charge in [-0.1, -0.05) is 0 Å². The van der Waals surface area contributed by atoms with Crippen LogP contribution in [0.1, 0.15) is 31.2 Å². The minimum atomic E-state index is -3.07. The molecule has 0 spiro atoms. The van der Waals surface area contributed by atoms with Gasteiger partial charge >= 0.3 is 0 Å². The summed E-state index contributed by atoms with van der Waals surface area (Å²) in [7, 11) is -3.07. The van der Waals surface area contributed by atoms with Gasteiger partial charge < -0.3 is 4.74 Å². The van der Waals surface area contributed by atoms with Gasteiger partial charge in [-0.3, -0.25) is 0 Å². The van der Waals surface area contributed by atoms with Crippen LogP contribution >= 0.6 is 0 Å². The van der Waals surface area contributed by atoms with E-state index in [2.05, 4.69) is 4.98 Å². The van der Waals surface area contributed by atoms with E-state index in [0.717, 1.165) is 12.8 Å². The van der Waals surface area contributed by atoms with Crippen molar-refractivity contribution in [2.75, 3.05) is 13.1 Å². The highest BCUT2D eigenvalue weighted by molar-refractivity contribution is 7.90. The van der Waals surface area contributed by atoms with E-state index in [1.165, 1.54) is 6.20 Å². The molecule has 1 aliphatic carbocycles. The fraction of sp³-hybridized carbons (Fsp3) is 0.571. The van der Waals surface area contributed by atoms with Crippen molar-refractivity contribution in [3.8, 4) is 11.9 Å². The maximum absolute atomic E-state index is 12.1. The molecule has 2 heterocycles. The van der Waals surface area contributed by atoms with Crippen LogP contribution in [0.2, 0.25) is 0 Å². The summed E-state index contributed by atoms with van der Waals surface area (Å²) in [6.07, 6.45) is 4.40. The third kappa shape index (κ3) is 3.17. The standard InChI is InChI=1S/C14H17N3O3S/c15-9-11-1-4-14(16-10-11)20-12-5-7-17(8-6-12)21(18,19)13-2-3-13/h1,4,10,12-13H,2-3,5-8H2. The smallest absolute Gasteiger partial charge is 0.216 e. The van der Waals surface area contributed by atoms with E-state index in [1.807, 2.05) is 6.07 Å². The Labute approximate surface area is 124 Å². The first kappa shape index (κ1) is 14.3. The molecule has 3 rings (SSSR count). The fourth-order valence-corrected chi connectivity index (χ4v) is 4.34. The number of sulfonamides is 1. The zero-order chi connectivity index (χ0) is 14.9. The van der Waals surface area contributed by atoms with Crippen LogP contribution in [0.25, 0.3) is 0 Å². The van der Waals surface area contributed by atoms with Gasteiger partial charge in [0.05, 0.1) is 10.8 Å². The Morgan fingerprint density at radius 2 is 1.95 bits per heavy atom. The van der Waals surface area contributed by atoms with E-state index >= 15 is 0 Å². The molecule has 0 bridgehead atoms. The molecule has 0 unspecified atom stereocenters. The van der Waals surface area contributed by atoms with Gasteiger partial charge in [-0.25, -0.2) is 17.7 Å². The first-order valence-electron chi connectivity index (χ1n) is 7.11. The van der Waals surface area contributed by atoms with Crippen LogP contribution in [0.3, 0.4) is 0 Å². The van der Waals surface area contributed by atoms with Crippen molar-refractivity contribution in [3.05, 3.63) is 23.9 Å². The van der Waals surface area contributed by atoms with Crippen molar-refractivity contribution in [3.63, 3.8) is 0 Å². The average molecular weight is 307 g/mol. The average Bonchev–Trinajstić information content (AvgIpc) is 3.34. The summed E-state index contributed by atoms with van der Waals surface area (Å²) < 4.78 is 31.6. The predicted molar refractivity (Wildman–Crippen MR) is 76.1 cm³/mol. The van der Waals surface area contributed by atoms with Crippen LogP contribution in [0.4, 0.5) is 0 Å². The quantitative estimate of drug-likeness (QED) is 0.837. The van der Waals surface area contributed by atoms with Crippen LogP contribution in [0, 0.1) is 11.3 Å². The summed E-state index contributed by atoms with van der Waals surface area (Å²) in [5.41, 5.74) is 0.493. The van der Waals surface area contributed by atoms with Crippen LogP contribution in [-0.4, -0.2) is 42.2 Å². The van der Waals surface area contributed by atoms with Gasteiger partial charge in [-0.2, -0.15) is 5.26 Å². The highest BCUT2D eigenvalue weighted by Crippen LogP contribution is 2.32. The molecule has 7 heteroatoms. The van der Waals surface area contributed by atoms with Crippen molar-refractivity contribution in [1.29, 1.82) is 5.26 Å². The minimum absolute atomic E-state index is 0.0175. The number of nitriles is 1. The van der Waals surface area contributed by atoms with Crippen LogP contribution in [0.5, 0.6) is 5.88 Å². The Kier molecular flexibility index (Phi) is 3.83. The number of piperidine rings is 1. The molecule has 2 aliphatic rings. The number of rotatable bonds is 4. The van der Waals surface area contributed by atoms with Crippen LogP contribution in [0.15, 0.2) is 18.3 Å². The molecule has 0 radical (unpaired) electrons. The van der Waals surface area contributed by atoms with E-state index in [4.69, 9.17) is 10.00 Å². The molecule has 1 aromatic rings. The van der Waals surface area contributed by atoms with Gasteiger partial charge in [0.15, 0.2) is 0 Å². The fourth-order valence-electron chi connectivity index (χ4n) is 2.47. The highest BCUT2D eigenvalue weighted by Gasteiger charge is 2.41. The number of hydrogen-bond acceptors (Lipinski definition) is 5. The van der Waals surface area contributed by atoms with Crippen LogP contribution < -0.4 is 4.74 Å². The Balaban J connectivity index is 1.55. The third-order valence-corrected chi connectivity index (χ3v) is 6.26. The number of nitrogens with zero attached hydrogens (tertiary/aromatic N) is 3. The highest BCUT2D eigenvalue weighted by atomic mass is 32.2. The molecular formula is C14H17N3O3S. The van der Waals surface area contributed by atoms with Crippen molar-refractivity contribution >= 4 is 10.0 Å². The molecule has 1 aromatic heterocycles. The molecule has 0 aromatic carbocycles. The molecule has 0 atom stereocenters. The lowest BCUT2D eigenvalue weighted by molar-refractivity contribution is 0.130. The predicted octanol–water partition coefficient (Wildman–Crippen LogP) is 1.29. The molecule has 1 aliphatic heterocycles. The Morgan fingerprint density at radius 1 is 1.24 bits per heavy atom. The Morgan fingerprint density at radius 3 is 2.48 bits per heavy atom. The molecule has 112 valence electrons. The summed E-state index contributed by atoms with van der Waals surface area (Å²) >= 11 is 0. The second-order valence-electron chi connectivity index (χ2n) is 5.46. The molecular weight excluding hydrogens is 290 g/mol. The minimum Gasteiger partial charge on any atom is -0.474 e. The summed E-state index contributed by atoms with van der Waals surface area (Å²) in [6.45, 7) is 1.03. The summed E-state index contributed by atoms with van der Waals surface area (Å²) in [6, 6.07) is 5.34. The number of aromatic nitrogens is 1. The van der Waals surface area contributed by atoms with E-state index in [1.54, 1.807) is 16.4 Å². The lowest BCUT2D eigenvalue weighted by Gasteiger charge is -2.31. The topological polar surface area (TPSA) is 83.3 Å². The van der Waals surface area contributed by atoms with E-state index in [0.29, 0.717) is 37.4 Å². The maximum Gasteiger partial charge on any atom is 0.216 e. The summed E-state index contributed by atoms with van der Waals surface area (Å²) in [5.74, 6) is 0.484. The Bertz CT molecular complexity index is 639. The molecule has 2 fully saturated rings. The second-order valence-corrected chi connectivity index (χ2v) is 7.67. The van der Waals surface area contributed by atoms with E-state index in [-0.39, 0.29) is 11.4 Å². The largest absolute Gasteiger partial charge is 0.474 e. The lowest BCUT2D eigenvalue weighted by Crippen LogP contribution is -2.43. The number of hydrogen-bond donors (Lipinski definition) is 0. The second kappa shape index (κ2) is 5.62. The zero-order valence-electron chi connectivity index (χ0n) is 11.6. The van der Waals surface area contributed by atoms with Gasteiger partial charge in [-0.05, 0) is 31.7 Å². The number of pyridine rings is 1. The van der Waals surface area contributed by atoms with Gasteiger partial charge in [-0.15, -0.1) is 0 Å². The first-order valence-corrected chi connectivity index (χ1v) is 8.61. The molecule has 0 N–H and O–H groups in total. The van der Waals surface area contributed by atoms with Crippen molar-refractivity contribution in [2.24, 2.45) is 0 Å². The van der Waals surface area contributed by atoms with Gasteiger partial charge in [0.2, 0.25) is 15.9 Å². The molecule has 0 amide bonds. The van der Waals surface area contributed by atoms with Crippen LogP contribution in [-0.2, 0) is 10.0 Å². The zero-order valence-corrected chi connectivity index (χ0v) is 12.4. The van der Waals surface area contributed by atoms with Crippen molar-refractivity contribution in [1.82, 2.24) is 9.29 Å². The molecule has 6 nitrogen and oxygen atoms in total. The van der Waals surface area contributed by atoms with E-state index in [9.17, 15) is 8.42 Å².